The Hall–Kier alpha value is -3.05. The van der Waals surface area contributed by atoms with Crippen LogP contribution in [0.1, 0.15) is 28.9 Å². The summed E-state index contributed by atoms with van der Waals surface area (Å²) in [6.07, 6.45) is -1.23. The minimum absolute atomic E-state index is 0.00983. The molecule has 2 fully saturated rings. The summed E-state index contributed by atoms with van der Waals surface area (Å²) in [5, 5.41) is 12.5. The number of nitrogens with two attached hydrogens (primary N) is 2. The van der Waals surface area contributed by atoms with E-state index < -0.39 is 17.6 Å². The third-order valence-corrected chi connectivity index (χ3v) is 7.60. The molecule has 1 aliphatic carbocycles. The van der Waals surface area contributed by atoms with Crippen molar-refractivity contribution in [2.24, 2.45) is 17.6 Å². The van der Waals surface area contributed by atoms with Crippen molar-refractivity contribution in [1.82, 2.24) is 15.0 Å². The van der Waals surface area contributed by atoms with E-state index in [0.717, 1.165) is 25.7 Å². The van der Waals surface area contributed by atoms with Crippen molar-refractivity contribution in [3.8, 4) is 0 Å². The van der Waals surface area contributed by atoms with E-state index in [9.17, 15) is 13.2 Å². The van der Waals surface area contributed by atoms with E-state index in [0.29, 0.717) is 24.2 Å². The first kappa shape index (κ1) is 21.8. The smallest absolute Gasteiger partial charge is 0.382 e. The molecule has 0 spiro atoms. The van der Waals surface area contributed by atoms with Gasteiger partial charge in [-0.3, -0.25) is 10.4 Å². The van der Waals surface area contributed by atoms with Crippen LogP contribution in [0.25, 0.3) is 0 Å². The van der Waals surface area contributed by atoms with Gasteiger partial charge in [-0.2, -0.15) is 24.5 Å². The molecular weight excluding hydrogens is 451 g/mol. The van der Waals surface area contributed by atoms with Crippen molar-refractivity contribution in [1.29, 1.82) is 5.41 Å². The van der Waals surface area contributed by atoms with Gasteiger partial charge in [0.25, 0.3) is 0 Å². The molecule has 7 nitrogen and oxygen atoms in total. The highest BCUT2D eigenvalue weighted by Gasteiger charge is 2.65. The highest BCUT2D eigenvalue weighted by atomic mass is 32.1. The standard InChI is InChI=1S/C22H22F3N7S/c23-22(24,25)19-13(2-1-5-29-19)17(27)18-20(28)31-16(8-30-18)32-6-3-14-15(9-32)21(14,11-26)12-4-7-33-10-12/h1-2,4-5,7-8,10,14-15,27H,3,6,9,11,26H2,(H2,28,31). The molecule has 4 heterocycles. The van der Waals surface area contributed by atoms with Crippen molar-refractivity contribution in [3.05, 3.63) is 63.9 Å². The lowest BCUT2D eigenvalue weighted by Crippen LogP contribution is -2.33. The van der Waals surface area contributed by atoms with Crippen molar-refractivity contribution < 1.29 is 13.2 Å². The quantitative estimate of drug-likeness (QED) is 0.490. The lowest BCUT2D eigenvalue weighted by Gasteiger charge is -2.27. The molecule has 1 saturated carbocycles. The number of nitrogen functional groups attached to an aromatic ring is 1. The van der Waals surface area contributed by atoms with Crippen molar-refractivity contribution in [2.45, 2.75) is 18.0 Å². The van der Waals surface area contributed by atoms with Gasteiger partial charge in [-0.15, -0.1) is 0 Å². The minimum Gasteiger partial charge on any atom is -0.382 e. The van der Waals surface area contributed by atoms with E-state index in [2.05, 4.69) is 36.7 Å². The summed E-state index contributed by atoms with van der Waals surface area (Å²) in [6.45, 7) is 2.10. The average molecular weight is 474 g/mol. The summed E-state index contributed by atoms with van der Waals surface area (Å²) in [4.78, 5) is 14.1. The zero-order valence-electron chi connectivity index (χ0n) is 17.5. The number of piperidine rings is 1. The summed E-state index contributed by atoms with van der Waals surface area (Å²) in [6, 6.07) is 4.67. The van der Waals surface area contributed by atoms with Gasteiger partial charge in [-0.1, -0.05) is 0 Å². The highest BCUT2D eigenvalue weighted by molar-refractivity contribution is 7.08. The van der Waals surface area contributed by atoms with Crippen LogP contribution in [0.15, 0.2) is 41.4 Å². The van der Waals surface area contributed by atoms with Gasteiger partial charge in [-0.25, -0.2) is 9.97 Å². The SMILES string of the molecule is N=C(c1cccnc1C(F)(F)F)c1ncc(N2CCC3C(C2)C3(CN)c2ccsc2)nc1N. The van der Waals surface area contributed by atoms with Gasteiger partial charge < -0.3 is 16.4 Å². The second-order valence-electron chi connectivity index (χ2n) is 8.44. The number of hydrogen-bond acceptors (Lipinski definition) is 8. The number of anilines is 2. The Labute approximate surface area is 192 Å². The molecule has 33 heavy (non-hydrogen) atoms. The summed E-state index contributed by atoms with van der Waals surface area (Å²) >= 11 is 1.67. The van der Waals surface area contributed by atoms with Crippen molar-refractivity contribution >= 4 is 28.7 Å². The van der Waals surface area contributed by atoms with Gasteiger partial charge in [0.15, 0.2) is 11.5 Å². The molecule has 1 saturated heterocycles. The molecule has 2 aliphatic rings. The molecule has 0 bridgehead atoms. The molecule has 5 rings (SSSR count). The summed E-state index contributed by atoms with van der Waals surface area (Å²) < 4.78 is 40.0. The topological polar surface area (TPSA) is 118 Å². The molecule has 0 aromatic carbocycles. The van der Waals surface area contributed by atoms with E-state index in [-0.39, 0.29) is 22.5 Å². The van der Waals surface area contributed by atoms with Crippen LogP contribution in [0, 0.1) is 17.2 Å². The lowest BCUT2D eigenvalue weighted by molar-refractivity contribution is -0.141. The van der Waals surface area contributed by atoms with Gasteiger partial charge in [-0.05, 0) is 52.8 Å². The fraction of sp³-hybridized carbons (Fsp3) is 0.364. The first-order valence-electron chi connectivity index (χ1n) is 10.5. The number of alkyl halides is 3. The predicted molar refractivity (Wildman–Crippen MR) is 120 cm³/mol. The van der Waals surface area contributed by atoms with E-state index >= 15 is 0 Å². The van der Waals surface area contributed by atoms with Crippen LogP contribution in [0.5, 0.6) is 0 Å². The Morgan fingerprint density at radius 2 is 2.09 bits per heavy atom. The van der Waals surface area contributed by atoms with Gasteiger partial charge in [0.1, 0.15) is 11.5 Å². The molecule has 172 valence electrons. The number of pyridine rings is 1. The molecule has 1 aliphatic heterocycles. The van der Waals surface area contributed by atoms with Crippen LogP contribution in [0.4, 0.5) is 24.8 Å². The predicted octanol–water partition coefficient (Wildman–Crippen LogP) is 3.30. The Morgan fingerprint density at radius 3 is 2.76 bits per heavy atom. The Bertz CT molecular complexity index is 1200. The molecule has 3 aromatic rings. The van der Waals surface area contributed by atoms with Gasteiger partial charge in [0, 0.05) is 36.8 Å². The highest BCUT2D eigenvalue weighted by Crippen LogP contribution is 2.63. The van der Waals surface area contributed by atoms with E-state index in [1.807, 2.05) is 0 Å². The molecule has 5 N–H and O–H groups in total. The summed E-state index contributed by atoms with van der Waals surface area (Å²) in [5.41, 5.74) is 11.4. The molecule has 3 atom stereocenters. The largest absolute Gasteiger partial charge is 0.434 e. The number of thiophene rings is 1. The minimum atomic E-state index is -4.70. The van der Waals surface area contributed by atoms with Crippen LogP contribution in [0.2, 0.25) is 0 Å². The van der Waals surface area contributed by atoms with E-state index in [1.54, 1.807) is 11.3 Å². The lowest BCUT2D eigenvalue weighted by atomic mass is 9.94. The van der Waals surface area contributed by atoms with Crippen LogP contribution in [-0.2, 0) is 11.6 Å². The first-order chi connectivity index (χ1) is 15.8. The Morgan fingerprint density at radius 1 is 1.27 bits per heavy atom. The summed E-state index contributed by atoms with van der Waals surface area (Å²) in [5.74, 6) is 1.39. The zero-order chi connectivity index (χ0) is 23.4. The maximum atomic E-state index is 13.3. The van der Waals surface area contributed by atoms with Crippen LogP contribution in [-0.4, -0.2) is 40.3 Å². The number of fused-ring (bicyclic) bond motifs is 1. The van der Waals surface area contributed by atoms with Crippen molar-refractivity contribution in [2.75, 3.05) is 30.3 Å². The molecule has 11 heteroatoms. The number of nitrogens with zero attached hydrogens (tertiary/aromatic N) is 4. The maximum absolute atomic E-state index is 13.3. The van der Waals surface area contributed by atoms with Gasteiger partial charge in [0.05, 0.1) is 11.9 Å². The second-order valence-corrected chi connectivity index (χ2v) is 9.22. The molecular formula is C22H22F3N7S. The number of halogens is 3. The number of rotatable bonds is 5. The fourth-order valence-electron chi connectivity index (χ4n) is 5.26. The molecule has 0 radical (unpaired) electrons. The van der Waals surface area contributed by atoms with Gasteiger partial charge in [0.2, 0.25) is 0 Å². The first-order valence-corrected chi connectivity index (χ1v) is 11.4. The fourth-order valence-corrected chi connectivity index (χ4v) is 6.01. The number of aromatic nitrogens is 3. The van der Waals surface area contributed by atoms with Gasteiger partial charge >= 0.3 is 6.18 Å². The monoisotopic (exact) mass is 473 g/mol. The zero-order valence-corrected chi connectivity index (χ0v) is 18.3. The third kappa shape index (κ3) is 3.46. The third-order valence-electron chi connectivity index (χ3n) is 6.92. The average Bonchev–Trinajstić information content (AvgIpc) is 3.13. The maximum Gasteiger partial charge on any atom is 0.434 e. The second kappa shape index (κ2) is 7.77. The Balaban J connectivity index is 1.38. The van der Waals surface area contributed by atoms with E-state index in [4.69, 9.17) is 16.9 Å². The molecule has 3 aromatic heterocycles. The molecule has 0 amide bonds. The number of hydrogen-bond donors (Lipinski definition) is 3. The number of nitrogens with one attached hydrogen (secondary N) is 1. The molecule has 3 unspecified atom stereocenters. The van der Waals surface area contributed by atoms with Crippen LogP contribution >= 0.6 is 11.3 Å². The van der Waals surface area contributed by atoms with Crippen LogP contribution < -0.4 is 16.4 Å². The Kier molecular flexibility index (Phi) is 5.13. The normalized spacial score (nSPS) is 24.4. The van der Waals surface area contributed by atoms with Crippen LogP contribution in [0.3, 0.4) is 0 Å². The van der Waals surface area contributed by atoms with E-state index in [1.165, 1.54) is 23.9 Å². The summed E-state index contributed by atoms with van der Waals surface area (Å²) in [7, 11) is 0. The van der Waals surface area contributed by atoms with Crippen molar-refractivity contribution in [3.63, 3.8) is 0 Å².